The van der Waals surface area contributed by atoms with Gasteiger partial charge in [-0.15, -0.1) is 0 Å². The summed E-state index contributed by atoms with van der Waals surface area (Å²) in [5.74, 6) is 0.615. The second kappa shape index (κ2) is 5.91. The fraction of sp³-hybridized carbons (Fsp3) is 0.385. The fourth-order valence-electron chi connectivity index (χ4n) is 1.71. The third-order valence-corrected chi connectivity index (χ3v) is 3.33. The average Bonchev–Trinajstić information content (AvgIpc) is 2.97. The Morgan fingerprint density at radius 3 is 3.00 bits per heavy atom. The second-order valence-corrected chi connectivity index (χ2v) is 4.73. The molecule has 1 aromatic heterocycles. The highest BCUT2D eigenvalue weighted by Gasteiger charge is 2.29. The number of carbonyl (C=O) groups excluding carboxylic acids is 1. The van der Waals surface area contributed by atoms with Crippen molar-refractivity contribution in [2.24, 2.45) is 4.99 Å². The Morgan fingerprint density at radius 2 is 2.39 bits per heavy atom. The van der Waals surface area contributed by atoms with Crippen LogP contribution in [0, 0.1) is 0 Å². The highest BCUT2D eigenvalue weighted by molar-refractivity contribution is 8.13. The van der Waals surface area contributed by atoms with Crippen LogP contribution in [0.25, 0.3) is 6.08 Å². The van der Waals surface area contributed by atoms with Gasteiger partial charge < -0.3 is 4.42 Å². The van der Waals surface area contributed by atoms with Crippen molar-refractivity contribution in [3.8, 4) is 0 Å². The maximum Gasteiger partial charge on any atom is 0.278 e. The Labute approximate surface area is 111 Å². The zero-order chi connectivity index (χ0) is 13.0. The standard InChI is InChI=1S/C13H16N2O2S/c1-3-4-7-15-12(16)11(14-13(15)18-2)9-10-6-5-8-17-10/h5-6,8-9H,3-4,7H2,1-2H3/b11-9+. The molecule has 2 heterocycles. The first-order chi connectivity index (χ1) is 8.76. The Bertz CT molecular complexity index is 477. The van der Waals surface area contributed by atoms with Crippen LogP contribution >= 0.6 is 11.8 Å². The molecule has 0 saturated carbocycles. The van der Waals surface area contributed by atoms with Crippen LogP contribution in [-0.4, -0.2) is 28.8 Å². The van der Waals surface area contributed by atoms with Crippen molar-refractivity contribution in [1.82, 2.24) is 4.90 Å². The van der Waals surface area contributed by atoms with Crippen molar-refractivity contribution < 1.29 is 9.21 Å². The first-order valence-electron chi connectivity index (χ1n) is 5.96. The summed E-state index contributed by atoms with van der Waals surface area (Å²) in [7, 11) is 0. The number of amides is 1. The predicted molar refractivity (Wildman–Crippen MR) is 74.3 cm³/mol. The van der Waals surface area contributed by atoms with Gasteiger partial charge in [0.05, 0.1) is 6.26 Å². The van der Waals surface area contributed by atoms with Crippen LogP contribution in [0.1, 0.15) is 25.5 Å². The normalized spacial score (nSPS) is 17.7. The number of unbranched alkanes of at least 4 members (excludes halogenated alkanes) is 1. The van der Waals surface area contributed by atoms with Gasteiger partial charge in [-0.1, -0.05) is 25.1 Å². The van der Waals surface area contributed by atoms with Gasteiger partial charge in [-0.2, -0.15) is 0 Å². The Kier molecular flexibility index (Phi) is 4.25. The molecule has 18 heavy (non-hydrogen) atoms. The van der Waals surface area contributed by atoms with E-state index in [2.05, 4.69) is 11.9 Å². The number of nitrogens with zero attached hydrogens (tertiary/aromatic N) is 2. The number of hydrogen-bond donors (Lipinski definition) is 0. The molecule has 0 spiro atoms. The number of amidine groups is 1. The van der Waals surface area contributed by atoms with Crippen LogP contribution in [0.15, 0.2) is 33.5 Å². The maximum absolute atomic E-state index is 12.2. The topological polar surface area (TPSA) is 45.8 Å². The van der Waals surface area contributed by atoms with E-state index in [1.54, 1.807) is 23.3 Å². The Balaban J connectivity index is 2.20. The molecular formula is C13H16N2O2S. The molecule has 0 atom stereocenters. The molecule has 0 bridgehead atoms. The lowest BCUT2D eigenvalue weighted by molar-refractivity contribution is -0.122. The molecule has 2 rings (SSSR count). The van der Waals surface area contributed by atoms with Gasteiger partial charge >= 0.3 is 0 Å². The van der Waals surface area contributed by atoms with Gasteiger partial charge in [0.2, 0.25) is 0 Å². The lowest BCUT2D eigenvalue weighted by Gasteiger charge is -2.15. The maximum atomic E-state index is 12.2. The van der Waals surface area contributed by atoms with Crippen LogP contribution < -0.4 is 0 Å². The molecule has 1 aliphatic rings. The molecule has 1 amide bonds. The van der Waals surface area contributed by atoms with Gasteiger partial charge in [-0.3, -0.25) is 9.69 Å². The molecule has 0 saturated heterocycles. The van der Waals surface area contributed by atoms with Crippen molar-refractivity contribution >= 4 is 28.9 Å². The highest BCUT2D eigenvalue weighted by Crippen LogP contribution is 2.23. The Hall–Kier alpha value is -1.49. The molecule has 1 aromatic rings. The van der Waals surface area contributed by atoms with Crippen molar-refractivity contribution in [2.75, 3.05) is 12.8 Å². The molecule has 0 unspecified atom stereocenters. The summed E-state index contributed by atoms with van der Waals surface area (Å²) >= 11 is 1.49. The number of rotatable bonds is 4. The molecule has 1 aliphatic heterocycles. The molecular weight excluding hydrogens is 248 g/mol. The summed E-state index contributed by atoms with van der Waals surface area (Å²) < 4.78 is 5.21. The minimum absolute atomic E-state index is 0.0378. The summed E-state index contributed by atoms with van der Waals surface area (Å²) in [6, 6.07) is 3.60. The number of aliphatic imine (C=N–C) groups is 1. The molecule has 4 nitrogen and oxygen atoms in total. The number of carbonyl (C=O) groups is 1. The molecule has 5 heteroatoms. The fourth-order valence-corrected chi connectivity index (χ4v) is 2.29. The quantitative estimate of drug-likeness (QED) is 0.785. The van der Waals surface area contributed by atoms with E-state index in [1.165, 1.54) is 11.8 Å². The third kappa shape index (κ3) is 2.67. The minimum atomic E-state index is -0.0378. The zero-order valence-corrected chi connectivity index (χ0v) is 11.4. The lowest BCUT2D eigenvalue weighted by atomic mass is 10.3. The van der Waals surface area contributed by atoms with Gasteiger partial charge in [0.25, 0.3) is 5.91 Å². The van der Waals surface area contributed by atoms with E-state index in [0.717, 1.165) is 24.6 Å². The SMILES string of the molecule is CCCCN1C(=O)/C(=C\c2ccco2)N=C1SC. The average molecular weight is 264 g/mol. The van der Waals surface area contributed by atoms with Crippen LogP contribution in [0.4, 0.5) is 0 Å². The van der Waals surface area contributed by atoms with Crippen LogP contribution in [0.2, 0.25) is 0 Å². The zero-order valence-electron chi connectivity index (χ0n) is 10.5. The molecule has 0 N–H and O–H groups in total. The van der Waals surface area contributed by atoms with Crippen molar-refractivity contribution in [2.45, 2.75) is 19.8 Å². The van der Waals surface area contributed by atoms with Gasteiger partial charge in [-0.25, -0.2) is 4.99 Å². The summed E-state index contributed by atoms with van der Waals surface area (Å²) in [5.41, 5.74) is 0.449. The van der Waals surface area contributed by atoms with Crippen LogP contribution in [0.3, 0.4) is 0 Å². The smallest absolute Gasteiger partial charge is 0.278 e. The van der Waals surface area contributed by atoms with E-state index in [-0.39, 0.29) is 5.91 Å². The monoisotopic (exact) mass is 264 g/mol. The second-order valence-electron chi connectivity index (χ2n) is 3.95. The minimum Gasteiger partial charge on any atom is -0.465 e. The molecule has 0 radical (unpaired) electrons. The van der Waals surface area contributed by atoms with Crippen molar-refractivity contribution in [3.05, 3.63) is 29.9 Å². The largest absolute Gasteiger partial charge is 0.465 e. The molecule has 0 aromatic carbocycles. The molecule has 0 aliphatic carbocycles. The molecule has 96 valence electrons. The number of furan rings is 1. The van der Waals surface area contributed by atoms with Crippen LogP contribution in [0.5, 0.6) is 0 Å². The lowest BCUT2D eigenvalue weighted by Crippen LogP contribution is -2.31. The van der Waals surface area contributed by atoms with E-state index in [9.17, 15) is 4.79 Å². The Morgan fingerprint density at radius 1 is 1.56 bits per heavy atom. The van der Waals surface area contributed by atoms with Gasteiger partial charge in [0.1, 0.15) is 11.5 Å². The van der Waals surface area contributed by atoms with E-state index in [4.69, 9.17) is 4.42 Å². The highest BCUT2D eigenvalue weighted by atomic mass is 32.2. The van der Waals surface area contributed by atoms with Crippen LogP contribution in [-0.2, 0) is 4.79 Å². The van der Waals surface area contributed by atoms with E-state index in [0.29, 0.717) is 11.5 Å². The van der Waals surface area contributed by atoms with Crippen molar-refractivity contribution in [3.63, 3.8) is 0 Å². The summed E-state index contributed by atoms with van der Waals surface area (Å²) in [6.45, 7) is 2.83. The number of hydrogen-bond acceptors (Lipinski definition) is 4. The summed E-state index contributed by atoms with van der Waals surface area (Å²) in [4.78, 5) is 18.3. The van der Waals surface area contributed by atoms with Gasteiger partial charge in [0, 0.05) is 12.6 Å². The van der Waals surface area contributed by atoms with Crippen molar-refractivity contribution in [1.29, 1.82) is 0 Å². The summed E-state index contributed by atoms with van der Waals surface area (Å²) in [5, 5.41) is 0.770. The van der Waals surface area contributed by atoms with Gasteiger partial charge in [-0.05, 0) is 24.8 Å². The van der Waals surface area contributed by atoms with E-state index >= 15 is 0 Å². The first kappa shape index (κ1) is 13.0. The number of thioether (sulfide) groups is 1. The molecule has 0 fully saturated rings. The third-order valence-electron chi connectivity index (χ3n) is 2.65. The summed E-state index contributed by atoms with van der Waals surface area (Å²) in [6.07, 6.45) is 7.24. The van der Waals surface area contributed by atoms with Gasteiger partial charge in [0.15, 0.2) is 5.17 Å². The van der Waals surface area contributed by atoms with E-state index in [1.807, 2.05) is 12.3 Å². The first-order valence-corrected chi connectivity index (χ1v) is 7.18. The van der Waals surface area contributed by atoms with E-state index < -0.39 is 0 Å². The predicted octanol–water partition coefficient (Wildman–Crippen LogP) is 2.98.